The highest BCUT2D eigenvalue weighted by Gasteiger charge is 2.23. The van der Waals surface area contributed by atoms with E-state index in [1.54, 1.807) is 39.3 Å². The molecule has 0 saturated heterocycles. The normalized spacial score (nSPS) is 17.3. The van der Waals surface area contributed by atoms with Crippen molar-refractivity contribution < 1.29 is 14.6 Å². The summed E-state index contributed by atoms with van der Waals surface area (Å²) in [6.45, 7) is 1.75. The predicted molar refractivity (Wildman–Crippen MR) is 68.5 cm³/mol. The molecule has 0 saturated carbocycles. The lowest BCUT2D eigenvalue weighted by Gasteiger charge is -2.06. The molecular formula is C13H14N2O3. The van der Waals surface area contributed by atoms with Crippen molar-refractivity contribution in [3.05, 3.63) is 29.5 Å². The van der Waals surface area contributed by atoms with Crippen LogP contribution in [0.25, 0.3) is 6.08 Å². The first-order chi connectivity index (χ1) is 8.52. The second-order valence-corrected chi connectivity index (χ2v) is 3.98. The van der Waals surface area contributed by atoms with Crippen LogP contribution < -0.4 is 4.74 Å². The molecule has 0 aromatic heterocycles. The smallest absolute Gasteiger partial charge is 0.277 e. The first-order valence-electron chi connectivity index (χ1n) is 5.45. The molecule has 0 unspecified atom stereocenters. The van der Waals surface area contributed by atoms with Crippen LogP contribution in [0.1, 0.15) is 12.5 Å². The third kappa shape index (κ3) is 2.07. The van der Waals surface area contributed by atoms with Crippen molar-refractivity contribution >= 4 is 17.8 Å². The minimum absolute atomic E-state index is 0.0820. The maximum atomic E-state index is 11.8. The Balaban J connectivity index is 2.42. The predicted octanol–water partition coefficient (Wildman–Crippen LogP) is 1.63. The van der Waals surface area contributed by atoms with Crippen molar-refractivity contribution in [2.24, 2.45) is 4.99 Å². The van der Waals surface area contributed by atoms with E-state index in [4.69, 9.17) is 4.74 Å². The van der Waals surface area contributed by atoms with E-state index in [-0.39, 0.29) is 11.7 Å². The van der Waals surface area contributed by atoms with Crippen LogP contribution in [0.15, 0.2) is 28.9 Å². The number of aromatic hydroxyl groups is 1. The van der Waals surface area contributed by atoms with Crippen molar-refractivity contribution in [2.45, 2.75) is 6.92 Å². The number of aliphatic imine (C=N–C) groups is 1. The number of likely N-dealkylation sites (N-methyl/N-ethyl adjacent to an activating group) is 1. The minimum Gasteiger partial charge on any atom is -0.507 e. The Labute approximate surface area is 105 Å². The zero-order valence-electron chi connectivity index (χ0n) is 10.5. The molecular weight excluding hydrogens is 232 g/mol. The Morgan fingerprint density at radius 3 is 2.72 bits per heavy atom. The number of phenols is 1. The number of hydrogen-bond donors (Lipinski definition) is 1. The molecule has 1 amide bonds. The Morgan fingerprint density at radius 2 is 2.17 bits per heavy atom. The number of phenolic OH excluding ortho intramolecular Hbond substituents is 1. The third-order valence-electron chi connectivity index (χ3n) is 2.82. The van der Waals surface area contributed by atoms with Gasteiger partial charge >= 0.3 is 0 Å². The summed E-state index contributed by atoms with van der Waals surface area (Å²) in [5.74, 6) is 1.14. The molecule has 1 N–H and O–H groups in total. The SMILES string of the molecule is COc1ccc(O)c(/C=C2\N=C(C)N(C)C2=O)c1. The topological polar surface area (TPSA) is 62.1 Å². The summed E-state index contributed by atoms with van der Waals surface area (Å²) in [5, 5.41) is 9.74. The van der Waals surface area contributed by atoms with Crippen molar-refractivity contribution in [3.63, 3.8) is 0 Å². The number of benzene rings is 1. The molecule has 2 rings (SSSR count). The number of methoxy groups -OCH3 is 1. The first kappa shape index (κ1) is 12.2. The minimum atomic E-state index is -0.185. The second kappa shape index (κ2) is 4.52. The molecule has 0 bridgehead atoms. The average Bonchev–Trinajstić information content (AvgIpc) is 2.60. The van der Waals surface area contributed by atoms with Gasteiger partial charge in [0.25, 0.3) is 5.91 Å². The van der Waals surface area contributed by atoms with Gasteiger partial charge in [-0.3, -0.25) is 9.69 Å². The fraction of sp³-hybridized carbons (Fsp3) is 0.231. The Morgan fingerprint density at radius 1 is 1.44 bits per heavy atom. The van der Waals surface area contributed by atoms with Crippen LogP contribution in [-0.2, 0) is 4.79 Å². The van der Waals surface area contributed by atoms with E-state index >= 15 is 0 Å². The van der Waals surface area contributed by atoms with Crippen LogP contribution in [0.4, 0.5) is 0 Å². The van der Waals surface area contributed by atoms with E-state index in [9.17, 15) is 9.90 Å². The molecule has 0 fully saturated rings. The molecule has 0 spiro atoms. The largest absolute Gasteiger partial charge is 0.507 e. The van der Waals surface area contributed by atoms with Gasteiger partial charge in [-0.2, -0.15) is 0 Å². The molecule has 0 aliphatic carbocycles. The Kier molecular flexibility index (Phi) is 3.06. The van der Waals surface area contributed by atoms with Crippen molar-refractivity contribution in [1.29, 1.82) is 0 Å². The van der Waals surface area contributed by atoms with E-state index in [1.165, 1.54) is 11.0 Å². The molecule has 1 aliphatic heterocycles. The van der Waals surface area contributed by atoms with Crippen LogP contribution in [0, 0.1) is 0 Å². The van der Waals surface area contributed by atoms with E-state index in [0.29, 0.717) is 22.8 Å². The number of ether oxygens (including phenoxy) is 1. The number of amidine groups is 1. The molecule has 0 atom stereocenters. The number of rotatable bonds is 2. The maximum Gasteiger partial charge on any atom is 0.277 e. The van der Waals surface area contributed by atoms with Gasteiger partial charge in [0.2, 0.25) is 0 Å². The number of carbonyl (C=O) groups excluding carboxylic acids is 1. The van der Waals surface area contributed by atoms with Gasteiger partial charge in [0.05, 0.1) is 7.11 Å². The molecule has 1 aliphatic rings. The number of carbonyl (C=O) groups is 1. The van der Waals surface area contributed by atoms with E-state index in [2.05, 4.69) is 4.99 Å². The third-order valence-corrected chi connectivity index (χ3v) is 2.82. The van der Waals surface area contributed by atoms with E-state index < -0.39 is 0 Å². The molecule has 18 heavy (non-hydrogen) atoms. The van der Waals surface area contributed by atoms with E-state index in [1.807, 2.05) is 0 Å². The summed E-state index contributed by atoms with van der Waals surface area (Å²) in [6, 6.07) is 4.82. The molecule has 1 aromatic rings. The Bertz CT molecular complexity index is 561. The average molecular weight is 246 g/mol. The molecule has 94 valence electrons. The van der Waals surface area contributed by atoms with Crippen LogP contribution in [0.2, 0.25) is 0 Å². The van der Waals surface area contributed by atoms with Gasteiger partial charge < -0.3 is 9.84 Å². The lowest BCUT2D eigenvalue weighted by molar-refractivity contribution is -0.121. The number of hydrogen-bond acceptors (Lipinski definition) is 4. The second-order valence-electron chi connectivity index (χ2n) is 3.98. The van der Waals surface area contributed by atoms with Crippen LogP contribution in [-0.4, -0.2) is 35.9 Å². The van der Waals surface area contributed by atoms with Crippen molar-refractivity contribution in [2.75, 3.05) is 14.2 Å². The molecule has 5 nitrogen and oxygen atoms in total. The summed E-state index contributed by atoms with van der Waals surface area (Å²) in [4.78, 5) is 17.4. The van der Waals surface area contributed by atoms with Gasteiger partial charge in [0, 0.05) is 12.6 Å². The number of amides is 1. The summed E-state index contributed by atoms with van der Waals surface area (Å²) >= 11 is 0. The maximum absolute atomic E-state index is 11.8. The highest BCUT2D eigenvalue weighted by Crippen LogP contribution is 2.26. The Hall–Kier alpha value is -2.30. The number of nitrogens with zero attached hydrogens (tertiary/aromatic N) is 2. The van der Waals surface area contributed by atoms with E-state index in [0.717, 1.165) is 0 Å². The van der Waals surface area contributed by atoms with Crippen molar-refractivity contribution in [1.82, 2.24) is 4.90 Å². The van der Waals surface area contributed by atoms with Crippen LogP contribution >= 0.6 is 0 Å². The first-order valence-corrected chi connectivity index (χ1v) is 5.45. The standard InChI is InChI=1S/C13H14N2O3/c1-8-14-11(13(17)15(8)2)7-9-6-10(18-3)4-5-12(9)16/h4-7,16H,1-3H3/b11-7-. The summed E-state index contributed by atoms with van der Waals surface area (Å²) < 4.78 is 5.07. The zero-order chi connectivity index (χ0) is 13.3. The van der Waals surface area contributed by atoms with Crippen molar-refractivity contribution in [3.8, 4) is 11.5 Å². The van der Waals surface area contributed by atoms with Crippen LogP contribution in [0.5, 0.6) is 11.5 Å². The van der Waals surface area contributed by atoms with Gasteiger partial charge in [-0.25, -0.2) is 4.99 Å². The quantitative estimate of drug-likeness (QED) is 0.807. The summed E-state index contributed by atoms with van der Waals surface area (Å²) in [5.41, 5.74) is 0.808. The molecule has 5 heteroatoms. The van der Waals surface area contributed by atoms with Gasteiger partial charge in [0.1, 0.15) is 23.0 Å². The summed E-state index contributed by atoms with van der Waals surface area (Å²) in [7, 11) is 3.20. The lowest BCUT2D eigenvalue weighted by Crippen LogP contribution is -2.25. The fourth-order valence-corrected chi connectivity index (χ4v) is 1.63. The van der Waals surface area contributed by atoms with Crippen LogP contribution in [0.3, 0.4) is 0 Å². The lowest BCUT2D eigenvalue weighted by atomic mass is 10.1. The van der Waals surface area contributed by atoms with Gasteiger partial charge in [-0.05, 0) is 31.2 Å². The molecule has 0 radical (unpaired) electrons. The fourth-order valence-electron chi connectivity index (χ4n) is 1.63. The molecule has 1 aromatic carbocycles. The monoisotopic (exact) mass is 246 g/mol. The molecule has 1 heterocycles. The zero-order valence-corrected chi connectivity index (χ0v) is 10.5. The highest BCUT2D eigenvalue weighted by atomic mass is 16.5. The van der Waals surface area contributed by atoms with Gasteiger partial charge in [0.15, 0.2) is 0 Å². The van der Waals surface area contributed by atoms with Gasteiger partial charge in [-0.15, -0.1) is 0 Å². The highest BCUT2D eigenvalue weighted by molar-refractivity contribution is 6.13. The summed E-state index contributed by atoms with van der Waals surface area (Å²) in [6.07, 6.45) is 1.55. The van der Waals surface area contributed by atoms with Gasteiger partial charge in [-0.1, -0.05) is 0 Å².